The Morgan fingerprint density at radius 2 is 1.76 bits per heavy atom. The first-order valence-electron chi connectivity index (χ1n) is 6.93. The van der Waals surface area contributed by atoms with Crippen LogP contribution in [0.1, 0.15) is 12.5 Å². The van der Waals surface area contributed by atoms with Gasteiger partial charge in [-0.3, -0.25) is 4.90 Å². The van der Waals surface area contributed by atoms with Gasteiger partial charge < -0.3 is 10.4 Å². The number of carbonyl (C=O) groups excluding carboxylic acids is 1. The van der Waals surface area contributed by atoms with Crippen LogP contribution in [-0.2, 0) is 6.42 Å². The van der Waals surface area contributed by atoms with E-state index >= 15 is 0 Å². The van der Waals surface area contributed by atoms with E-state index in [1.807, 2.05) is 54.6 Å². The normalized spacial score (nSPS) is 11.8. The monoisotopic (exact) mass is 284 g/mol. The maximum atomic E-state index is 12.3. The van der Waals surface area contributed by atoms with Crippen LogP contribution in [0.5, 0.6) is 0 Å². The summed E-state index contributed by atoms with van der Waals surface area (Å²) in [4.78, 5) is 13.9. The highest BCUT2D eigenvalue weighted by Crippen LogP contribution is 2.21. The molecule has 2 rings (SSSR count). The first kappa shape index (κ1) is 15.1. The van der Waals surface area contributed by atoms with Crippen LogP contribution in [0.4, 0.5) is 16.2 Å². The molecular weight excluding hydrogens is 264 g/mol. The summed E-state index contributed by atoms with van der Waals surface area (Å²) >= 11 is 0. The summed E-state index contributed by atoms with van der Waals surface area (Å²) in [7, 11) is 1.72. The van der Waals surface area contributed by atoms with Gasteiger partial charge >= 0.3 is 6.03 Å². The molecule has 0 aromatic heterocycles. The highest BCUT2D eigenvalue weighted by atomic mass is 16.3. The molecular formula is C17H20N2O2. The molecule has 110 valence electrons. The fourth-order valence-corrected chi connectivity index (χ4v) is 2.17. The predicted octanol–water partition coefficient (Wildman–Crippen LogP) is 3.28. The number of amides is 2. The van der Waals surface area contributed by atoms with Gasteiger partial charge in [0.15, 0.2) is 0 Å². The van der Waals surface area contributed by atoms with Gasteiger partial charge in [-0.15, -0.1) is 0 Å². The quantitative estimate of drug-likeness (QED) is 0.905. The molecule has 0 saturated heterocycles. The van der Waals surface area contributed by atoms with Crippen LogP contribution in [0.2, 0.25) is 0 Å². The van der Waals surface area contributed by atoms with Gasteiger partial charge in [-0.2, -0.15) is 0 Å². The Labute approximate surface area is 125 Å². The smallest absolute Gasteiger partial charge is 0.326 e. The summed E-state index contributed by atoms with van der Waals surface area (Å²) in [5.74, 6) is 0. The van der Waals surface area contributed by atoms with Crippen LogP contribution >= 0.6 is 0 Å². The third-order valence-corrected chi connectivity index (χ3v) is 3.20. The molecule has 0 bridgehead atoms. The molecule has 0 heterocycles. The second-order valence-electron chi connectivity index (χ2n) is 5.04. The van der Waals surface area contributed by atoms with Crippen molar-refractivity contribution in [2.24, 2.45) is 0 Å². The Morgan fingerprint density at radius 3 is 2.43 bits per heavy atom. The minimum Gasteiger partial charge on any atom is -0.393 e. The van der Waals surface area contributed by atoms with Gasteiger partial charge in [0.25, 0.3) is 0 Å². The zero-order chi connectivity index (χ0) is 15.2. The van der Waals surface area contributed by atoms with Gasteiger partial charge in [0.05, 0.1) is 6.10 Å². The Balaban J connectivity index is 2.16. The van der Waals surface area contributed by atoms with Gasteiger partial charge in [0.2, 0.25) is 0 Å². The molecule has 2 N–H and O–H groups in total. The molecule has 0 fully saturated rings. The largest absolute Gasteiger partial charge is 0.393 e. The lowest BCUT2D eigenvalue weighted by molar-refractivity contribution is 0.195. The molecule has 1 unspecified atom stereocenters. The van der Waals surface area contributed by atoms with E-state index in [9.17, 15) is 9.90 Å². The van der Waals surface area contributed by atoms with Gasteiger partial charge in [0, 0.05) is 24.8 Å². The minimum absolute atomic E-state index is 0.209. The van der Waals surface area contributed by atoms with Crippen molar-refractivity contribution in [2.75, 3.05) is 17.3 Å². The highest BCUT2D eigenvalue weighted by Gasteiger charge is 2.15. The first-order valence-corrected chi connectivity index (χ1v) is 6.93. The number of carbonyl (C=O) groups is 1. The SMILES string of the molecule is CC(O)Cc1ccccc1N(C)C(=O)Nc1ccccc1. The molecule has 0 radical (unpaired) electrons. The van der Waals surface area contributed by atoms with Crippen molar-refractivity contribution in [1.29, 1.82) is 0 Å². The summed E-state index contributed by atoms with van der Waals surface area (Å²) < 4.78 is 0. The van der Waals surface area contributed by atoms with Crippen LogP contribution in [0.15, 0.2) is 54.6 Å². The van der Waals surface area contributed by atoms with E-state index in [-0.39, 0.29) is 6.03 Å². The molecule has 0 saturated carbocycles. The van der Waals surface area contributed by atoms with E-state index in [0.29, 0.717) is 6.42 Å². The van der Waals surface area contributed by atoms with Crippen molar-refractivity contribution in [3.63, 3.8) is 0 Å². The number of aliphatic hydroxyl groups excluding tert-OH is 1. The van der Waals surface area contributed by atoms with Gasteiger partial charge in [-0.1, -0.05) is 36.4 Å². The van der Waals surface area contributed by atoms with Gasteiger partial charge in [-0.25, -0.2) is 4.79 Å². The van der Waals surface area contributed by atoms with Gasteiger partial charge in [0.1, 0.15) is 0 Å². The zero-order valence-corrected chi connectivity index (χ0v) is 12.3. The van der Waals surface area contributed by atoms with Crippen LogP contribution < -0.4 is 10.2 Å². The van der Waals surface area contributed by atoms with E-state index in [1.54, 1.807) is 18.9 Å². The third kappa shape index (κ3) is 4.07. The molecule has 4 nitrogen and oxygen atoms in total. The lowest BCUT2D eigenvalue weighted by Crippen LogP contribution is -2.32. The Kier molecular flexibility index (Phi) is 4.95. The first-order chi connectivity index (χ1) is 10.1. The van der Waals surface area contributed by atoms with Crippen molar-refractivity contribution in [3.8, 4) is 0 Å². The van der Waals surface area contributed by atoms with Crippen molar-refractivity contribution in [3.05, 3.63) is 60.2 Å². The Morgan fingerprint density at radius 1 is 1.14 bits per heavy atom. The van der Waals surface area contributed by atoms with Crippen molar-refractivity contribution in [2.45, 2.75) is 19.4 Å². The summed E-state index contributed by atoms with van der Waals surface area (Å²) in [5, 5.41) is 12.4. The van der Waals surface area contributed by atoms with E-state index < -0.39 is 6.10 Å². The van der Waals surface area contributed by atoms with Crippen LogP contribution in [0, 0.1) is 0 Å². The zero-order valence-electron chi connectivity index (χ0n) is 12.3. The standard InChI is InChI=1S/C17H20N2O2/c1-13(20)12-14-8-6-7-11-16(14)19(2)17(21)18-15-9-4-3-5-10-15/h3-11,13,20H,12H2,1-2H3,(H,18,21). The average molecular weight is 284 g/mol. The van der Waals surface area contributed by atoms with Crippen LogP contribution in [-0.4, -0.2) is 24.3 Å². The number of urea groups is 1. The molecule has 1 atom stereocenters. The molecule has 0 aliphatic carbocycles. The minimum atomic E-state index is -0.447. The van der Waals surface area contributed by atoms with Crippen molar-refractivity contribution < 1.29 is 9.90 Å². The molecule has 2 aromatic rings. The second-order valence-corrected chi connectivity index (χ2v) is 5.04. The predicted molar refractivity (Wildman–Crippen MR) is 85.7 cm³/mol. The number of hydrogen-bond acceptors (Lipinski definition) is 2. The Bertz CT molecular complexity index is 597. The van der Waals surface area contributed by atoms with E-state index in [2.05, 4.69) is 5.32 Å². The molecule has 2 aromatic carbocycles. The number of anilines is 2. The van der Waals surface area contributed by atoms with Crippen LogP contribution in [0.3, 0.4) is 0 Å². The highest BCUT2D eigenvalue weighted by molar-refractivity contribution is 6.01. The lowest BCUT2D eigenvalue weighted by atomic mass is 10.1. The van der Waals surface area contributed by atoms with Crippen molar-refractivity contribution in [1.82, 2.24) is 0 Å². The van der Waals surface area contributed by atoms with Crippen LogP contribution in [0.25, 0.3) is 0 Å². The van der Waals surface area contributed by atoms with Crippen molar-refractivity contribution >= 4 is 17.4 Å². The van der Waals surface area contributed by atoms with Gasteiger partial charge in [-0.05, 0) is 30.7 Å². The number of nitrogens with zero attached hydrogens (tertiary/aromatic N) is 1. The average Bonchev–Trinajstić information content (AvgIpc) is 2.47. The Hall–Kier alpha value is -2.33. The number of nitrogens with one attached hydrogen (secondary N) is 1. The molecule has 4 heteroatoms. The number of aliphatic hydroxyl groups is 1. The molecule has 0 aliphatic heterocycles. The molecule has 0 aliphatic rings. The molecule has 2 amide bonds. The fourth-order valence-electron chi connectivity index (χ4n) is 2.17. The number of rotatable bonds is 4. The summed E-state index contributed by atoms with van der Waals surface area (Å²) in [6.07, 6.45) is 0.0656. The topological polar surface area (TPSA) is 52.6 Å². The molecule has 0 spiro atoms. The number of para-hydroxylation sites is 2. The van der Waals surface area contributed by atoms with E-state index in [4.69, 9.17) is 0 Å². The summed E-state index contributed by atoms with van der Waals surface area (Å²) in [6.45, 7) is 1.74. The maximum Gasteiger partial charge on any atom is 0.326 e. The molecule has 21 heavy (non-hydrogen) atoms. The number of hydrogen-bond donors (Lipinski definition) is 2. The van der Waals surface area contributed by atoms with E-state index in [0.717, 1.165) is 16.9 Å². The second kappa shape index (κ2) is 6.90. The summed E-state index contributed by atoms with van der Waals surface area (Å²) in [6, 6.07) is 16.7. The maximum absolute atomic E-state index is 12.3. The summed E-state index contributed by atoms with van der Waals surface area (Å²) in [5.41, 5.74) is 2.49. The lowest BCUT2D eigenvalue weighted by Gasteiger charge is -2.21. The van der Waals surface area contributed by atoms with E-state index in [1.165, 1.54) is 0 Å². The fraction of sp³-hybridized carbons (Fsp3) is 0.235. The third-order valence-electron chi connectivity index (χ3n) is 3.20. The number of benzene rings is 2.